The Morgan fingerprint density at radius 3 is 2.52 bits per heavy atom. The van der Waals surface area contributed by atoms with Gasteiger partial charge in [-0.15, -0.1) is 0 Å². The lowest BCUT2D eigenvalue weighted by molar-refractivity contribution is -0.151. The predicted molar refractivity (Wildman–Crippen MR) is 137 cm³/mol. The Bertz CT molecular complexity index is 1620. The van der Waals surface area contributed by atoms with Crippen LogP contribution in [0.5, 0.6) is 5.75 Å². The van der Waals surface area contributed by atoms with Crippen LogP contribution in [0.4, 0.5) is 4.39 Å². The second kappa shape index (κ2) is 9.91. The first-order valence-electron chi connectivity index (χ1n) is 12.3. The molecule has 4 N–H and O–H groups in total. The summed E-state index contributed by atoms with van der Waals surface area (Å²) in [6.07, 6.45) is -5.44. The van der Waals surface area contributed by atoms with Crippen LogP contribution in [-0.4, -0.2) is 61.5 Å². The van der Waals surface area contributed by atoms with Gasteiger partial charge in [0.1, 0.15) is 17.9 Å². The second-order valence-electron chi connectivity index (χ2n) is 9.83. The van der Waals surface area contributed by atoms with Crippen molar-refractivity contribution in [1.82, 2.24) is 14.6 Å². The molecule has 214 valence electrons. The number of benzene rings is 2. The number of esters is 1. The van der Waals surface area contributed by atoms with E-state index in [1.165, 1.54) is 13.0 Å². The molecule has 15 heteroatoms. The Morgan fingerprint density at radius 2 is 1.88 bits per heavy atom. The fourth-order valence-corrected chi connectivity index (χ4v) is 6.32. The summed E-state index contributed by atoms with van der Waals surface area (Å²) in [6.45, 7) is 4.55. The fourth-order valence-electron chi connectivity index (χ4n) is 4.59. The third kappa shape index (κ3) is 4.66. The van der Waals surface area contributed by atoms with Gasteiger partial charge >= 0.3 is 19.4 Å². The quantitative estimate of drug-likeness (QED) is 0.213. The summed E-state index contributed by atoms with van der Waals surface area (Å²) in [4.78, 5) is 37.9. The van der Waals surface area contributed by atoms with Gasteiger partial charge in [-0.3, -0.25) is 23.7 Å². The van der Waals surface area contributed by atoms with Crippen molar-refractivity contribution in [3.8, 4) is 5.75 Å². The lowest BCUT2D eigenvalue weighted by Crippen LogP contribution is -2.42. The maximum atomic E-state index is 15.9. The Morgan fingerprint density at radius 1 is 1.18 bits per heavy atom. The number of nitrogens with one attached hydrogen (secondary N) is 2. The average molecular weight is 579 g/mol. The van der Waals surface area contributed by atoms with Gasteiger partial charge < -0.3 is 24.2 Å². The molecule has 0 spiro atoms. The zero-order chi connectivity index (χ0) is 29.0. The predicted octanol–water partition coefficient (Wildman–Crippen LogP) is 1.49. The van der Waals surface area contributed by atoms with E-state index < -0.39 is 67.0 Å². The number of rotatable bonds is 9. The van der Waals surface area contributed by atoms with Gasteiger partial charge in [-0.05, 0) is 32.2 Å². The summed E-state index contributed by atoms with van der Waals surface area (Å²) in [5.74, 6) is -3.88. The van der Waals surface area contributed by atoms with Gasteiger partial charge in [-0.2, -0.15) is 5.09 Å². The van der Waals surface area contributed by atoms with Crippen LogP contribution in [0.1, 0.15) is 27.0 Å². The van der Waals surface area contributed by atoms with E-state index in [4.69, 9.17) is 18.5 Å². The number of aromatic nitrogens is 2. The van der Waals surface area contributed by atoms with Crippen molar-refractivity contribution < 1.29 is 42.5 Å². The Hall–Kier alpha value is -3.39. The molecule has 1 saturated heterocycles. The molecule has 2 heterocycles. The molecule has 1 aliphatic carbocycles. The summed E-state index contributed by atoms with van der Waals surface area (Å²) in [6, 6.07) is 11.5. The molecule has 2 aliphatic rings. The van der Waals surface area contributed by atoms with Crippen molar-refractivity contribution >= 4 is 24.5 Å². The number of carbonyl (C=O) groups is 1. The van der Waals surface area contributed by atoms with Gasteiger partial charge in [0.25, 0.3) is 11.4 Å². The molecule has 2 fully saturated rings. The highest BCUT2D eigenvalue weighted by Gasteiger charge is 2.92. The van der Waals surface area contributed by atoms with Gasteiger partial charge in [0.2, 0.25) is 0 Å². The first-order valence-corrected chi connectivity index (χ1v) is 13.9. The van der Waals surface area contributed by atoms with Crippen LogP contribution >= 0.6 is 7.75 Å². The molecule has 1 aliphatic heterocycles. The molecule has 2 unspecified atom stereocenters. The molecular formula is C25H27FN3O10P. The van der Waals surface area contributed by atoms with Gasteiger partial charge in [0, 0.05) is 17.6 Å². The molecule has 1 aromatic heterocycles. The minimum absolute atomic E-state index is 0.0585. The lowest BCUT2D eigenvalue weighted by Gasteiger charge is -2.27. The number of H-pyrrole nitrogens is 1. The summed E-state index contributed by atoms with van der Waals surface area (Å²) < 4.78 is 52.1. The summed E-state index contributed by atoms with van der Waals surface area (Å²) in [7, 11) is -4.72. The molecule has 5 rings (SSSR count). The zero-order valence-electron chi connectivity index (χ0n) is 21.5. The number of alkyl halides is 1. The molecule has 3 aromatic rings. The Balaban J connectivity index is 1.45. The van der Waals surface area contributed by atoms with Crippen molar-refractivity contribution in [2.24, 2.45) is 0 Å². The molecule has 40 heavy (non-hydrogen) atoms. The third-order valence-electron chi connectivity index (χ3n) is 6.61. The maximum absolute atomic E-state index is 15.9. The monoisotopic (exact) mass is 579 g/mol. The van der Waals surface area contributed by atoms with Crippen LogP contribution in [0.15, 0.2) is 64.3 Å². The van der Waals surface area contributed by atoms with E-state index in [0.717, 1.165) is 17.6 Å². The first kappa shape index (κ1) is 28.1. The number of nitrogens with zero attached hydrogens (tertiary/aromatic N) is 1. The van der Waals surface area contributed by atoms with Crippen LogP contribution in [0.25, 0.3) is 10.8 Å². The van der Waals surface area contributed by atoms with Crippen molar-refractivity contribution in [3.63, 3.8) is 0 Å². The number of hydrogen-bond acceptors (Lipinski definition) is 10. The second-order valence-corrected chi connectivity index (χ2v) is 11.5. The molecule has 0 amide bonds. The number of aromatic amines is 1. The standard InChI is InChI=1S/C25H27FN3O10P/c1-13(2)36-21(32)14(3)28-40(35,38-17-10-6-8-15-7-4-5-9-16(15)17)39-22-24(34)19(31)20(37-25(22,24)26)29-12-11-18(30)27-23(29)33/h4-14,19-20,22,31,34H,1-3H3,(H,28,35)(H,27,30,33)/t14-,19-,20+,22?,24+,25+,40?/m0/s1. The van der Waals surface area contributed by atoms with Gasteiger partial charge in [0.05, 0.1) is 6.10 Å². The first-order chi connectivity index (χ1) is 18.8. The number of aliphatic hydroxyl groups is 2. The number of hydrogen-bond donors (Lipinski definition) is 4. The summed E-state index contributed by atoms with van der Waals surface area (Å²) >= 11 is 0. The molecule has 2 aromatic carbocycles. The highest BCUT2D eigenvalue weighted by atomic mass is 31.2. The average Bonchev–Trinajstić information content (AvgIpc) is 3.24. The molecule has 1 saturated carbocycles. The molecule has 0 bridgehead atoms. The summed E-state index contributed by atoms with van der Waals surface area (Å²) in [5, 5.41) is 25.4. The van der Waals surface area contributed by atoms with Gasteiger partial charge in [-0.1, -0.05) is 36.4 Å². The number of carbonyl (C=O) groups excluding carboxylic acids is 1. The SMILES string of the molecule is CC(C)OC(=O)[C@H](C)NP(=O)(Oc1cccc2ccccc12)OC1[C@@]2(F)O[C@@H](n3ccc(=O)[nH]c3=O)[C@H](O)[C@@]12O. The Labute approximate surface area is 226 Å². The summed E-state index contributed by atoms with van der Waals surface area (Å²) in [5.41, 5.74) is -4.54. The van der Waals surface area contributed by atoms with Gasteiger partial charge in [-0.25, -0.2) is 13.8 Å². The number of ether oxygens (including phenoxy) is 2. The van der Waals surface area contributed by atoms with Crippen molar-refractivity contribution in [3.05, 3.63) is 75.6 Å². The highest BCUT2D eigenvalue weighted by molar-refractivity contribution is 7.52. The van der Waals surface area contributed by atoms with Crippen molar-refractivity contribution in [2.45, 2.75) is 62.8 Å². The third-order valence-corrected chi connectivity index (χ3v) is 8.24. The fraction of sp³-hybridized carbons (Fsp3) is 0.400. The van der Waals surface area contributed by atoms with E-state index in [1.807, 2.05) is 4.98 Å². The lowest BCUT2D eigenvalue weighted by atomic mass is 10.1. The van der Waals surface area contributed by atoms with Crippen LogP contribution < -0.4 is 20.9 Å². The molecule has 0 radical (unpaired) electrons. The van der Waals surface area contributed by atoms with E-state index in [1.54, 1.807) is 50.2 Å². The highest BCUT2D eigenvalue weighted by Crippen LogP contribution is 2.68. The van der Waals surface area contributed by atoms with E-state index >= 15 is 4.39 Å². The topological polar surface area (TPSA) is 178 Å². The van der Waals surface area contributed by atoms with Gasteiger partial charge in [0.15, 0.2) is 17.9 Å². The van der Waals surface area contributed by atoms with Crippen LogP contribution in [0.3, 0.4) is 0 Å². The number of fused-ring (bicyclic) bond motifs is 2. The minimum Gasteiger partial charge on any atom is -0.462 e. The van der Waals surface area contributed by atoms with Crippen LogP contribution in [0.2, 0.25) is 0 Å². The largest absolute Gasteiger partial charge is 0.462 e. The van der Waals surface area contributed by atoms with E-state index in [0.29, 0.717) is 9.95 Å². The number of aliphatic hydroxyl groups excluding tert-OH is 1. The van der Waals surface area contributed by atoms with Crippen LogP contribution in [-0.2, 0) is 23.4 Å². The molecule has 13 nitrogen and oxygen atoms in total. The smallest absolute Gasteiger partial charge is 0.460 e. The van der Waals surface area contributed by atoms with E-state index in [-0.39, 0.29) is 5.75 Å². The zero-order valence-corrected chi connectivity index (χ0v) is 22.4. The number of halogens is 1. The van der Waals surface area contributed by atoms with Crippen molar-refractivity contribution in [1.29, 1.82) is 0 Å². The Kier molecular flexibility index (Phi) is 6.97. The maximum Gasteiger partial charge on any atom is 0.460 e. The molecular weight excluding hydrogens is 552 g/mol. The van der Waals surface area contributed by atoms with Crippen LogP contribution in [0, 0.1) is 0 Å². The van der Waals surface area contributed by atoms with E-state index in [2.05, 4.69) is 5.09 Å². The minimum atomic E-state index is -4.72. The van der Waals surface area contributed by atoms with E-state index in [9.17, 15) is 29.2 Å². The van der Waals surface area contributed by atoms with Crippen molar-refractivity contribution in [2.75, 3.05) is 0 Å². The normalized spacial score (nSPS) is 29.5. The molecule has 7 atom stereocenters.